The summed E-state index contributed by atoms with van der Waals surface area (Å²) >= 11 is 0. The van der Waals surface area contributed by atoms with E-state index in [-0.39, 0.29) is 0 Å². The van der Waals surface area contributed by atoms with E-state index in [1.54, 1.807) is 6.26 Å². The number of nitrogens with zero attached hydrogens (tertiary/aromatic N) is 1. The molecule has 0 N–H and O–H groups in total. The monoisotopic (exact) mass is 187 g/mol. The predicted octanol–water partition coefficient (Wildman–Crippen LogP) is 2.23. The molecule has 0 saturated heterocycles. The van der Waals surface area contributed by atoms with Crippen LogP contribution < -0.4 is 0 Å². The molecule has 12 heavy (non-hydrogen) atoms. The fourth-order valence-electron chi connectivity index (χ4n) is 1.04. The van der Waals surface area contributed by atoms with Crippen LogP contribution >= 0.6 is 0 Å². The topological polar surface area (TPSA) is 40.9 Å². The zero-order valence-electron chi connectivity index (χ0n) is 7.71. The maximum absolute atomic E-state index is 10.6. The van der Waals surface area contributed by atoms with Gasteiger partial charge in [0.2, 0.25) is 0 Å². The summed E-state index contributed by atoms with van der Waals surface area (Å²) < 4.78 is 10.6. The van der Waals surface area contributed by atoms with Crippen LogP contribution in [0.4, 0.5) is 0 Å². The molecule has 0 aromatic carbocycles. The lowest BCUT2D eigenvalue weighted by molar-refractivity contribution is 0.636. The molecule has 0 heterocycles. The third kappa shape index (κ3) is 9.64. The van der Waals surface area contributed by atoms with E-state index in [0.29, 0.717) is 6.42 Å². The van der Waals surface area contributed by atoms with E-state index >= 15 is 0 Å². The summed E-state index contributed by atoms with van der Waals surface area (Å²) in [5, 5.41) is 8.25. The lowest BCUT2D eigenvalue weighted by atomic mass is 10.1. The van der Waals surface area contributed by atoms with Gasteiger partial charge in [0.1, 0.15) is 0 Å². The Balaban J connectivity index is 2.92. The van der Waals surface area contributed by atoms with Crippen LogP contribution in [-0.2, 0) is 10.8 Å². The van der Waals surface area contributed by atoms with E-state index in [1.807, 2.05) is 0 Å². The van der Waals surface area contributed by atoms with Crippen molar-refractivity contribution in [2.45, 2.75) is 38.5 Å². The van der Waals surface area contributed by atoms with Gasteiger partial charge in [0.15, 0.2) is 0 Å². The van der Waals surface area contributed by atoms with Crippen molar-refractivity contribution in [2.24, 2.45) is 0 Å². The second-order valence-electron chi connectivity index (χ2n) is 2.95. The Morgan fingerprint density at radius 3 is 2.33 bits per heavy atom. The van der Waals surface area contributed by atoms with Crippen LogP contribution in [-0.4, -0.2) is 16.2 Å². The third-order valence-corrected chi connectivity index (χ3v) is 2.58. The van der Waals surface area contributed by atoms with Gasteiger partial charge in [0.05, 0.1) is 6.07 Å². The highest BCUT2D eigenvalue weighted by Crippen LogP contribution is 2.04. The first-order valence-corrected chi connectivity index (χ1v) is 6.17. The summed E-state index contributed by atoms with van der Waals surface area (Å²) in [5.74, 6) is 0.832. The van der Waals surface area contributed by atoms with Crippen molar-refractivity contribution in [1.29, 1.82) is 5.26 Å². The minimum atomic E-state index is -0.627. The quantitative estimate of drug-likeness (QED) is 0.573. The van der Waals surface area contributed by atoms with Gasteiger partial charge in [-0.15, -0.1) is 0 Å². The van der Waals surface area contributed by atoms with E-state index < -0.39 is 10.8 Å². The van der Waals surface area contributed by atoms with Crippen LogP contribution in [0.25, 0.3) is 0 Å². The molecule has 2 nitrogen and oxygen atoms in total. The predicted molar refractivity (Wildman–Crippen MR) is 52.2 cm³/mol. The highest BCUT2D eigenvalue weighted by molar-refractivity contribution is 7.84. The van der Waals surface area contributed by atoms with Crippen molar-refractivity contribution in [1.82, 2.24) is 0 Å². The molecule has 0 rings (SSSR count). The molecule has 0 aromatic rings. The lowest BCUT2D eigenvalue weighted by Crippen LogP contribution is -1.93. The van der Waals surface area contributed by atoms with Gasteiger partial charge in [-0.2, -0.15) is 5.26 Å². The van der Waals surface area contributed by atoms with E-state index in [2.05, 4.69) is 6.07 Å². The molecular weight excluding hydrogens is 170 g/mol. The van der Waals surface area contributed by atoms with Crippen LogP contribution in [0.15, 0.2) is 0 Å². The van der Waals surface area contributed by atoms with Crippen LogP contribution in [0.2, 0.25) is 0 Å². The molecule has 0 fully saturated rings. The number of hydrogen-bond donors (Lipinski definition) is 0. The molecule has 0 aliphatic heterocycles. The van der Waals surface area contributed by atoms with Crippen molar-refractivity contribution >= 4 is 10.8 Å². The maximum atomic E-state index is 10.6. The molecule has 1 unspecified atom stereocenters. The largest absolute Gasteiger partial charge is 0.260 e. The molecule has 0 amide bonds. The molecule has 0 spiro atoms. The zero-order valence-corrected chi connectivity index (χ0v) is 8.53. The van der Waals surface area contributed by atoms with E-state index in [9.17, 15) is 4.21 Å². The molecule has 0 aromatic heterocycles. The molecule has 0 bridgehead atoms. The molecule has 3 heteroatoms. The molecule has 0 aliphatic rings. The average Bonchev–Trinajstić information content (AvgIpc) is 2.02. The van der Waals surface area contributed by atoms with Crippen LogP contribution in [0.1, 0.15) is 38.5 Å². The minimum Gasteiger partial charge on any atom is -0.260 e. The van der Waals surface area contributed by atoms with Gasteiger partial charge in [-0.3, -0.25) is 4.21 Å². The van der Waals surface area contributed by atoms with Crippen molar-refractivity contribution in [2.75, 3.05) is 12.0 Å². The molecule has 0 radical (unpaired) electrons. The second-order valence-corrected chi connectivity index (χ2v) is 4.51. The van der Waals surface area contributed by atoms with Gasteiger partial charge in [-0.1, -0.05) is 19.3 Å². The Kier molecular flexibility index (Phi) is 8.47. The fraction of sp³-hybridized carbons (Fsp3) is 0.889. The Morgan fingerprint density at radius 2 is 1.75 bits per heavy atom. The normalized spacial score (nSPS) is 12.3. The minimum absolute atomic E-state index is 0.627. The van der Waals surface area contributed by atoms with Crippen molar-refractivity contribution in [3.05, 3.63) is 0 Å². The van der Waals surface area contributed by atoms with Crippen LogP contribution in [0.5, 0.6) is 0 Å². The second kappa shape index (κ2) is 8.73. The summed E-state index contributed by atoms with van der Waals surface area (Å²) in [7, 11) is -0.627. The van der Waals surface area contributed by atoms with E-state index in [0.717, 1.165) is 31.4 Å². The maximum Gasteiger partial charge on any atom is 0.0621 e. The molecule has 0 aliphatic carbocycles. The van der Waals surface area contributed by atoms with Crippen molar-refractivity contribution < 1.29 is 4.21 Å². The number of hydrogen-bond acceptors (Lipinski definition) is 2. The summed E-state index contributed by atoms with van der Waals surface area (Å²) in [6.45, 7) is 0. The summed E-state index contributed by atoms with van der Waals surface area (Å²) in [4.78, 5) is 0. The molecule has 70 valence electrons. The van der Waals surface area contributed by atoms with Crippen LogP contribution in [0.3, 0.4) is 0 Å². The highest BCUT2D eigenvalue weighted by Gasteiger charge is 1.92. The number of unbranched alkanes of at least 4 members (excludes halogenated alkanes) is 5. The highest BCUT2D eigenvalue weighted by atomic mass is 32.2. The third-order valence-electron chi connectivity index (χ3n) is 1.72. The first kappa shape index (κ1) is 11.6. The number of rotatable bonds is 7. The van der Waals surface area contributed by atoms with E-state index in [1.165, 1.54) is 6.42 Å². The summed E-state index contributed by atoms with van der Waals surface area (Å²) in [5.41, 5.74) is 0. The SMILES string of the molecule is CS(=O)CCCCCCCC#N. The van der Waals surface area contributed by atoms with Crippen molar-refractivity contribution in [3.63, 3.8) is 0 Å². The van der Waals surface area contributed by atoms with Gasteiger partial charge < -0.3 is 0 Å². The molecule has 1 atom stereocenters. The standard InChI is InChI=1S/C9H17NOS/c1-12(11)9-7-5-3-2-4-6-8-10/h2-7,9H2,1H3. The summed E-state index contributed by atoms with van der Waals surface area (Å²) in [6, 6.07) is 2.13. The fourth-order valence-corrected chi connectivity index (χ4v) is 1.65. The van der Waals surface area contributed by atoms with Crippen molar-refractivity contribution in [3.8, 4) is 6.07 Å². The Morgan fingerprint density at radius 1 is 1.17 bits per heavy atom. The zero-order chi connectivity index (χ0) is 9.23. The molecular formula is C9H17NOS. The van der Waals surface area contributed by atoms with Gasteiger partial charge >= 0.3 is 0 Å². The van der Waals surface area contributed by atoms with Gasteiger partial charge in [0.25, 0.3) is 0 Å². The first-order valence-electron chi connectivity index (χ1n) is 4.44. The molecule has 0 saturated carbocycles. The number of nitriles is 1. The van der Waals surface area contributed by atoms with Gasteiger partial charge in [-0.25, -0.2) is 0 Å². The van der Waals surface area contributed by atoms with E-state index in [4.69, 9.17) is 5.26 Å². The van der Waals surface area contributed by atoms with Gasteiger partial charge in [0, 0.05) is 29.2 Å². The Bertz CT molecular complexity index is 162. The lowest BCUT2D eigenvalue weighted by Gasteiger charge is -1.97. The average molecular weight is 187 g/mol. The summed E-state index contributed by atoms with van der Waals surface area (Å²) in [6.07, 6.45) is 7.99. The smallest absolute Gasteiger partial charge is 0.0621 e. The first-order chi connectivity index (χ1) is 5.77. The Labute approximate surface area is 77.4 Å². The van der Waals surface area contributed by atoms with Crippen LogP contribution in [0, 0.1) is 11.3 Å². The van der Waals surface area contributed by atoms with Gasteiger partial charge in [-0.05, 0) is 12.8 Å². The Hall–Kier alpha value is -0.360.